The van der Waals surface area contributed by atoms with Gasteiger partial charge in [0.05, 0.1) is 13.2 Å². The smallest absolute Gasteiger partial charge is 0.312 e. The van der Waals surface area contributed by atoms with Crippen LogP contribution in [0, 0.1) is 6.92 Å². The van der Waals surface area contributed by atoms with Crippen molar-refractivity contribution in [3.63, 3.8) is 0 Å². The van der Waals surface area contributed by atoms with E-state index in [1.807, 2.05) is 31.2 Å². The summed E-state index contributed by atoms with van der Waals surface area (Å²) >= 11 is 0. The molecule has 2 heterocycles. The van der Waals surface area contributed by atoms with Gasteiger partial charge in [-0.1, -0.05) is 29.8 Å². The molecule has 2 saturated heterocycles. The van der Waals surface area contributed by atoms with Crippen LogP contribution in [0.15, 0.2) is 24.3 Å². The van der Waals surface area contributed by atoms with Crippen molar-refractivity contribution in [3.05, 3.63) is 35.4 Å². The number of ether oxygens (including phenoxy) is 1. The minimum atomic E-state index is -0.597. The molecule has 0 aromatic heterocycles. The molecule has 2 aliphatic heterocycles. The third kappa shape index (κ3) is 4.17. The maximum Gasteiger partial charge on any atom is 0.312 e. The summed E-state index contributed by atoms with van der Waals surface area (Å²) in [5.41, 5.74) is 2.14. The zero-order chi connectivity index (χ0) is 17.8. The number of hydrogen-bond acceptors (Lipinski definition) is 4. The van der Waals surface area contributed by atoms with Crippen LogP contribution in [0.25, 0.3) is 0 Å². The summed E-state index contributed by atoms with van der Waals surface area (Å²) in [6.07, 6.45) is 0. The standard InChI is InChI=1S/C18H23N3O4/c1-14-2-4-15(5-3-14)12-20-6-7-21(18(24)17(20)23)13-16(22)19-8-10-25-11-9-19/h2-5H,6-13H2,1H3. The summed E-state index contributed by atoms with van der Waals surface area (Å²) in [4.78, 5) is 41.5. The van der Waals surface area contributed by atoms with Crippen molar-refractivity contribution in [2.45, 2.75) is 13.5 Å². The van der Waals surface area contributed by atoms with Gasteiger partial charge in [0.25, 0.3) is 0 Å². The largest absolute Gasteiger partial charge is 0.378 e. The number of piperazine rings is 1. The molecule has 7 heteroatoms. The Morgan fingerprint density at radius 2 is 1.56 bits per heavy atom. The monoisotopic (exact) mass is 345 g/mol. The SMILES string of the molecule is Cc1ccc(CN2CCN(CC(=O)N3CCOCC3)C(=O)C2=O)cc1. The molecule has 7 nitrogen and oxygen atoms in total. The Morgan fingerprint density at radius 1 is 0.960 bits per heavy atom. The first-order chi connectivity index (χ1) is 12.0. The summed E-state index contributed by atoms with van der Waals surface area (Å²) in [7, 11) is 0. The van der Waals surface area contributed by atoms with Crippen molar-refractivity contribution < 1.29 is 19.1 Å². The summed E-state index contributed by atoms with van der Waals surface area (Å²) in [5, 5.41) is 0. The van der Waals surface area contributed by atoms with E-state index in [1.54, 1.807) is 9.80 Å². The maximum atomic E-state index is 12.4. The van der Waals surface area contributed by atoms with Crippen molar-refractivity contribution in [1.82, 2.24) is 14.7 Å². The van der Waals surface area contributed by atoms with E-state index in [0.717, 1.165) is 11.1 Å². The van der Waals surface area contributed by atoms with Crippen LogP contribution >= 0.6 is 0 Å². The Balaban J connectivity index is 1.56. The zero-order valence-electron chi connectivity index (χ0n) is 14.4. The Hall–Kier alpha value is -2.41. The first kappa shape index (κ1) is 17.4. The number of aryl methyl sites for hydroxylation is 1. The quantitative estimate of drug-likeness (QED) is 0.722. The topological polar surface area (TPSA) is 70.2 Å². The Labute approximate surface area is 147 Å². The number of carbonyl (C=O) groups is 3. The second-order valence-electron chi connectivity index (χ2n) is 6.43. The molecular formula is C18H23N3O4. The van der Waals surface area contributed by atoms with E-state index in [-0.39, 0.29) is 12.5 Å². The second kappa shape index (κ2) is 7.65. The number of carbonyl (C=O) groups excluding carboxylic acids is 3. The molecule has 0 N–H and O–H groups in total. The van der Waals surface area contributed by atoms with Gasteiger partial charge in [-0.3, -0.25) is 14.4 Å². The van der Waals surface area contributed by atoms with Crippen molar-refractivity contribution in [1.29, 1.82) is 0 Å². The van der Waals surface area contributed by atoms with Crippen LogP contribution in [0.1, 0.15) is 11.1 Å². The number of benzene rings is 1. The predicted molar refractivity (Wildman–Crippen MR) is 90.6 cm³/mol. The fourth-order valence-corrected chi connectivity index (χ4v) is 3.01. The van der Waals surface area contributed by atoms with Gasteiger partial charge < -0.3 is 19.4 Å². The Morgan fingerprint density at radius 3 is 2.24 bits per heavy atom. The fourth-order valence-electron chi connectivity index (χ4n) is 3.01. The maximum absolute atomic E-state index is 12.4. The highest BCUT2D eigenvalue weighted by Crippen LogP contribution is 2.12. The van der Waals surface area contributed by atoms with Gasteiger partial charge in [-0.25, -0.2) is 0 Å². The van der Waals surface area contributed by atoms with E-state index in [9.17, 15) is 14.4 Å². The third-order valence-electron chi connectivity index (χ3n) is 4.58. The molecular weight excluding hydrogens is 322 g/mol. The normalized spacial score (nSPS) is 18.7. The lowest BCUT2D eigenvalue weighted by molar-refractivity contribution is -0.158. The summed E-state index contributed by atoms with van der Waals surface area (Å²) in [6, 6.07) is 7.89. The first-order valence-electron chi connectivity index (χ1n) is 8.54. The number of rotatable bonds is 4. The predicted octanol–water partition coefficient (Wildman–Crippen LogP) is 0.0246. The van der Waals surface area contributed by atoms with Gasteiger partial charge in [0.15, 0.2) is 0 Å². The number of morpholine rings is 1. The van der Waals surface area contributed by atoms with Crippen LogP contribution in [0.3, 0.4) is 0 Å². The molecule has 0 saturated carbocycles. The summed E-state index contributed by atoms with van der Waals surface area (Å²) < 4.78 is 5.22. The molecule has 2 fully saturated rings. The fraction of sp³-hybridized carbons (Fsp3) is 0.500. The van der Waals surface area contributed by atoms with E-state index in [1.165, 1.54) is 4.90 Å². The third-order valence-corrected chi connectivity index (χ3v) is 4.58. The van der Waals surface area contributed by atoms with E-state index >= 15 is 0 Å². The lowest BCUT2D eigenvalue weighted by Crippen LogP contribution is -2.56. The van der Waals surface area contributed by atoms with Gasteiger partial charge in [-0.05, 0) is 12.5 Å². The summed E-state index contributed by atoms with van der Waals surface area (Å²) in [5.74, 6) is -1.27. The molecule has 134 valence electrons. The van der Waals surface area contributed by atoms with Gasteiger partial charge >= 0.3 is 11.8 Å². The average molecular weight is 345 g/mol. The van der Waals surface area contributed by atoms with E-state index < -0.39 is 11.8 Å². The first-order valence-corrected chi connectivity index (χ1v) is 8.54. The highest BCUT2D eigenvalue weighted by molar-refractivity contribution is 6.35. The zero-order valence-corrected chi connectivity index (χ0v) is 14.4. The number of amides is 3. The lowest BCUT2D eigenvalue weighted by atomic mass is 10.1. The van der Waals surface area contributed by atoms with Crippen molar-refractivity contribution in [2.24, 2.45) is 0 Å². The number of hydrogen-bond donors (Lipinski definition) is 0. The molecule has 1 aromatic carbocycles. The molecule has 0 radical (unpaired) electrons. The molecule has 3 amide bonds. The lowest BCUT2D eigenvalue weighted by Gasteiger charge is -2.35. The number of nitrogens with zero attached hydrogens (tertiary/aromatic N) is 3. The van der Waals surface area contributed by atoms with Crippen molar-refractivity contribution >= 4 is 17.7 Å². The molecule has 1 aromatic rings. The molecule has 25 heavy (non-hydrogen) atoms. The van der Waals surface area contributed by atoms with Crippen molar-refractivity contribution in [2.75, 3.05) is 45.9 Å². The van der Waals surface area contributed by atoms with Crippen LogP contribution in [-0.2, 0) is 25.7 Å². The van der Waals surface area contributed by atoms with E-state index in [2.05, 4.69) is 0 Å². The molecule has 0 atom stereocenters. The van der Waals surface area contributed by atoms with Gasteiger partial charge in [-0.2, -0.15) is 0 Å². The van der Waals surface area contributed by atoms with Gasteiger partial charge in [0.2, 0.25) is 5.91 Å². The van der Waals surface area contributed by atoms with Crippen molar-refractivity contribution in [3.8, 4) is 0 Å². The second-order valence-corrected chi connectivity index (χ2v) is 6.43. The Bertz CT molecular complexity index is 653. The molecule has 3 rings (SSSR count). The van der Waals surface area contributed by atoms with Gasteiger partial charge in [0.1, 0.15) is 6.54 Å². The van der Waals surface area contributed by atoms with Crippen LogP contribution < -0.4 is 0 Å². The Kier molecular flexibility index (Phi) is 5.33. The molecule has 0 bridgehead atoms. The summed E-state index contributed by atoms with van der Waals surface area (Å²) in [6.45, 7) is 5.30. The van der Waals surface area contributed by atoms with Gasteiger partial charge in [0, 0.05) is 32.7 Å². The highest BCUT2D eigenvalue weighted by Gasteiger charge is 2.34. The van der Waals surface area contributed by atoms with Gasteiger partial charge in [-0.15, -0.1) is 0 Å². The molecule has 2 aliphatic rings. The molecule has 0 unspecified atom stereocenters. The molecule has 0 aliphatic carbocycles. The average Bonchev–Trinajstić information content (AvgIpc) is 2.64. The van der Waals surface area contributed by atoms with E-state index in [4.69, 9.17) is 4.74 Å². The van der Waals surface area contributed by atoms with Crippen LogP contribution in [-0.4, -0.2) is 78.4 Å². The van der Waals surface area contributed by atoms with Crippen LogP contribution in [0.4, 0.5) is 0 Å². The van der Waals surface area contributed by atoms with E-state index in [0.29, 0.717) is 45.9 Å². The minimum Gasteiger partial charge on any atom is -0.378 e. The van der Waals surface area contributed by atoms with Crippen LogP contribution in [0.5, 0.6) is 0 Å². The highest BCUT2D eigenvalue weighted by atomic mass is 16.5. The van der Waals surface area contributed by atoms with Crippen LogP contribution in [0.2, 0.25) is 0 Å². The minimum absolute atomic E-state index is 0.0387. The molecule has 0 spiro atoms.